The highest BCUT2D eigenvalue weighted by Crippen LogP contribution is 2.25. The fourth-order valence-corrected chi connectivity index (χ4v) is 2.24. The molecular formula is C18H20N2O2. The molecule has 22 heavy (non-hydrogen) atoms. The SMILES string of the molecule is CNc1ccc(C(=CCCCC(=O)O)c2cccnc2)cc1. The Kier molecular flexibility index (Phi) is 5.72. The molecule has 0 atom stereocenters. The van der Waals surface area contributed by atoms with Gasteiger partial charge >= 0.3 is 5.97 Å². The predicted octanol–water partition coefficient (Wildman–Crippen LogP) is 3.81. The Labute approximate surface area is 130 Å². The minimum absolute atomic E-state index is 0.190. The van der Waals surface area contributed by atoms with Gasteiger partial charge in [-0.2, -0.15) is 0 Å². The molecule has 1 aromatic carbocycles. The summed E-state index contributed by atoms with van der Waals surface area (Å²) in [5, 5.41) is 11.8. The Morgan fingerprint density at radius 3 is 2.59 bits per heavy atom. The van der Waals surface area contributed by atoms with Gasteiger partial charge in [-0.25, -0.2) is 0 Å². The molecule has 0 spiro atoms. The van der Waals surface area contributed by atoms with E-state index in [0.717, 1.165) is 28.8 Å². The summed E-state index contributed by atoms with van der Waals surface area (Å²) in [7, 11) is 1.89. The average molecular weight is 296 g/mol. The Morgan fingerprint density at radius 2 is 2.00 bits per heavy atom. The maximum absolute atomic E-state index is 10.6. The third-order valence-electron chi connectivity index (χ3n) is 3.40. The normalized spacial score (nSPS) is 11.2. The van der Waals surface area contributed by atoms with Crippen LogP contribution >= 0.6 is 0 Å². The molecule has 4 nitrogen and oxygen atoms in total. The minimum atomic E-state index is -0.755. The van der Waals surface area contributed by atoms with E-state index in [-0.39, 0.29) is 6.42 Å². The van der Waals surface area contributed by atoms with Gasteiger partial charge in [0, 0.05) is 37.1 Å². The lowest BCUT2D eigenvalue weighted by atomic mass is 9.97. The molecule has 0 aliphatic heterocycles. The number of rotatable bonds is 7. The van der Waals surface area contributed by atoms with Gasteiger partial charge in [0.05, 0.1) is 0 Å². The highest BCUT2D eigenvalue weighted by Gasteiger charge is 2.05. The Morgan fingerprint density at radius 1 is 1.23 bits per heavy atom. The van der Waals surface area contributed by atoms with E-state index in [2.05, 4.69) is 28.5 Å². The number of hydrogen-bond acceptors (Lipinski definition) is 3. The molecule has 0 bridgehead atoms. The number of aliphatic carboxylic acids is 1. The summed E-state index contributed by atoms with van der Waals surface area (Å²) < 4.78 is 0. The first-order valence-electron chi connectivity index (χ1n) is 7.31. The highest BCUT2D eigenvalue weighted by molar-refractivity contribution is 5.80. The number of unbranched alkanes of at least 4 members (excludes halogenated alkanes) is 1. The quantitative estimate of drug-likeness (QED) is 0.763. The fourth-order valence-electron chi connectivity index (χ4n) is 2.24. The molecule has 2 aromatic rings. The van der Waals surface area contributed by atoms with Crippen LogP contribution in [0.1, 0.15) is 30.4 Å². The molecule has 0 unspecified atom stereocenters. The van der Waals surface area contributed by atoms with E-state index in [1.807, 2.05) is 37.5 Å². The van der Waals surface area contributed by atoms with E-state index in [1.54, 1.807) is 6.20 Å². The zero-order valence-corrected chi connectivity index (χ0v) is 12.6. The monoisotopic (exact) mass is 296 g/mol. The Bertz CT molecular complexity index is 634. The molecule has 2 N–H and O–H groups in total. The minimum Gasteiger partial charge on any atom is -0.481 e. The van der Waals surface area contributed by atoms with E-state index in [1.165, 1.54) is 0 Å². The number of carboxylic acids is 1. The lowest BCUT2D eigenvalue weighted by Gasteiger charge is -2.09. The summed E-state index contributed by atoms with van der Waals surface area (Å²) in [4.78, 5) is 14.8. The van der Waals surface area contributed by atoms with Gasteiger partial charge in [0.15, 0.2) is 0 Å². The summed E-state index contributed by atoms with van der Waals surface area (Å²) >= 11 is 0. The second kappa shape index (κ2) is 7.98. The van der Waals surface area contributed by atoms with Crippen molar-refractivity contribution in [2.45, 2.75) is 19.3 Å². The van der Waals surface area contributed by atoms with E-state index < -0.39 is 5.97 Å². The fraction of sp³-hybridized carbons (Fsp3) is 0.222. The molecule has 0 aliphatic rings. The molecule has 0 saturated carbocycles. The topological polar surface area (TPSA) is 62.2 Å². The van der Waals surface area contributed by atoms with Gasteiger partial charge in [0.1, 0.15) is 0 Å². The van der Waals surface area contributed by atoms with Gasteiger partial charge in [-0.05, 0) is 42.2 Å². The first-order valence-corrected chi connectivity index (χ1v) is 7.31. The first kappa shape index (κ1) is 15.8. The molecule has 0 saturated heterocycles. The Hall–Kier alpha value is -2.62. The van der Waals surface area contributed by atoms with Crippen LogP contribution in [0.2, 0.25) is 0 Å². The van der Waals surface area contributed by atoms with Gasteiger partial charge in [-0.3, -0.25) is 9.78 Å². The van der Waals surface area contributed by atoms with Crippen LogP contribution in [0, 0.1) is 0 Å². The van der Waals surface area contributed by atoms with Crippen molar-refractivity contribution in [1.82, 2.24) is 4.98 Å². The van der Waals surface area contributed by atoms with Crippen molar-refractivity contribution in [3.05, 3.63) is 66.0 Å². The Balaban J connectivity index is 2.24. The van der Waals surface area contributed by atoms with Crippen molar-refractivity contribution in [3.8, 4) is 0 Å². The van der Waals surface area contributed by atoms with Crippen molar-refractivity contribution in [1.29, 1.82) is 0 Å². The number of nitrogens with zero attached hydrogens (tertiary/aromatic N) is 1. The zero-order valence-electron chi connectivity index (χ0n) is 12.6. The summed E-state index contributed by atoms with van der Waals surface area (Å²) in [6.45, 7) is 0. The molecule has 0 radical (unpaired) electrons. The molecule has 0 aliphatic carbocycles. The number of aromatic nitrogens is 1. The van der Waals surface area contributed by atoms with Crippen LogP contribution in [0.15, 0.2) is 54.9 Å². The molecule has 114 valence electrons. The van der Waals surface area contributed by atoms with Gasteiger partial charge in [-0.15, -0.1) is 0 Å². The van der Waals surface area contributed by atoms with Crippen LogP contribution in [0.25, 0.3) is 5.57 Å². The number of carboxylic acid groups (broad SMARTS) is 1. The smallest absolute Gasteiger partial charge is 0.303 e. The molecule has 2 rings (SSSR count). The second-order valence-electron chi connectivity index (χ2n) is 4.97. The molecule has 1 aromatic heterocycles. The molecule has 0 amide bonds. The van der Waals surface area contributed by atoms with Gasteiger partial charge in [0.2, 0.25) is 0 Å². The summed E-state index contributed by atoms with van der Waals surface area (Å²) in [5.74, 6) is -0.755. The van der Waals surface area contributed by atoms with Crippen LogP contribution in [0.3, 0.4) is 0 Å². The molecule has 4 heteroatoms. The van der Waals surface area contributed by atoms with Crippen molar-refractivity contribution in [3.63, 3.8) is 0 Å². The third kappa shape index (κ3) is 4.45. The van der Waals surface area contributed by atoms with Crippen LogP contribution in [0.4, 0.5) is 5.69 Å². The van der Waals surface area contributed by atoms with Crippen molar-refractivity contribution in [2.24, 2.45) is 0 Å². The maximum Gasteiger partial charge on any atom is 0.303 e. The number of anilines is 1. The van der Waals surface area contributed by atoms with Crippen LogP contribution in [0.5, 0.6) is 0 Å². The van der Waals surface area contributed by atoms with Gasteiger partial charge < -0.3 is 10.4 Å². The third-order valence-corrected chi connectivity index (χ3v) is 3.40. The zero-order chi connectivity index (χ0) is 15.8. The largest absolute Gasteiger partial charge is 0.481 e. The van der Waals surface area contributed by atoms with E-state index in [9.17, 15) is 4.79 Å². The summed E-state index contributed by atoms with van der Waals surface area (Å²) in [6, 6.07) is 12.1. The van der Waals surface area contributed by atoms with Crippen molar-refractivity contribution < 1.29 is 9.90 Å². The lowest BCUT2D eigenvalue weighted by molar-refractivity contribution is -0.137. The summed E-state index contributed by atoms with van der Waals surface area (Å²) in [6.07, 6.45) is 7.21. The number of carbonyl (C=O) groups is 1. The second-order valence-corrected chi connectivity index (χ2v) is 4.97. The number of nitrogens with one attached hydrogen (secondary N) is 1. The standard InChI is InChI=1S/C18H20N2O2/c1-19-16-10-8-14(9-11-16)17(6-2-3-7-18(21)22)15-5-4-12-20-13-15/h4-6,8-13,19H,2-3,7H2,1H3,(H,21,22). The predicted molar refractivity (Wildman–Crippen MR) is 88.8 cm³/mol. The van der Waals surface area contributed by atoms with Gasteiger partial charge in [-0.1, -0.05) is 24.3 Å². The van der Waals surface area contributed by atoms with E-state index in [4.69, 9.17) is 5.11 Å². The van der Waals surface area contributed by atoms with E-state index >= 15 is 0 Å². The number of hydrogen-bond donors (Lipinski definition) is 2. The van der Waals surface area contributed by atoms with Gasteiger partial charge in [0.25, 0.3) is 0 Å². The van der Waals surface area contributed by atoms with Crippen LogP contribution in [-0.2, 0) is 4.79 Å². The molecule has 0 fully saturated rings. The van der Waals surface area contributed by atoms with Crippen LogP contribution in [-0.4, -0.2) is 23.1 Å². The van der Waals surface area contributed by atoms with Crippen molar-refractivity contribution >= 4 is 17.2 Å². The molecule has 1 heterocycles. The lowest BCUT2D eigenvalue weighted by Crippen LogP contribution is -1.94. The van der Waals surface area contributed by atoms with Crippen molar-refractivity contribution in [2.75, 3.05) is 12.4 Å². The van der Waals surface area contributed by atoms with E-state index in [0.29, 0.717) is 6.42 Å². The first-order chi connectivity index (χ1) is 10.7. The number of pyridine rings is 1. The average Bonchev–Trinajstić information content (AvgIpc) is 2.56. The van der Waals surface area contributed by atoms with Crippen LogP contribution < -0.4 is 5.32 Å². The highest BCUT2D eigenvalue weighted by atomic mass is 16.4. The number of allylic oxidation sites excluding steroid dienone is 1. The summed E-state index contributed by atoms with van der Waals surface area (Å²) in [5.41, 5.74) is 4.28. The maximum atomic E-state index is 10.6. The molecular weight excluding hydrogens is 276 g/mol. The number of benzene rings is 1.